The second kappa shape index (κ2) is 21.6. The van der Waals surface area contributed by atoms with Crippen LogP contribution < -0.4 is 5.32 Å². The minimum Gasteiger partial charge on any atom is -0.461 e. The van der Waals surface area contributed by atoms with Gasteiger partial charge in [-0.05, 0) is 74.3 Å². The van der Waals surface area contributed by atoms with Crippen molar-refractivity contribution < 1.29 is 57.1 Å². The molecule has 0 fully saturated rings. The summed E-state index contributed by atoms with van der Waals surface area (Å²) in [5.74, 6) is -2.20. The molecule has 0 aliphatic heterocycles. The number of rotatable bonds is 22. The van der Waals surface area contributed by atoms with E-state index in [-0.39, 0.29) is 84.8 Å². The maximum absolute atomic E-state index is 13.3. The van der Waals surface area contributed by atoms with Crippen LogP contribution in [0.25, 0.3) is 0 Å². The van der Waals surface area contributed by atoms with Gasteiger partial charge in [-0.25, -0.2) is 0 Å². The first-order chi connectivity index (χ1) is 23.2. The van der Waals surface area contributed by atoms with Gasteiger partial charge < -0.3 is 38.5 Å². The van der Waals surface area contributed by atoms with Crippen LogP contribution in [0.1, 0.15) is 106 Å². The molecule has 1 aromatic rings. The molecular formula is C37H59NO12. The van der Waals surface area contributed by atoms with E-state index in [0.717, 1.165) is 5.56 Å². The second-order valence-corrected chi connectivity index (χ2v) is 15.0. The van der Waals surface area contributed by atoms with E-state index in [4.69, 9.17) is 33.2 Å². The van der Waals surface area contributed by atoms with Crippen molar-refractivity contribution in [2.75, 3.05) is 39.6 Å². The van der Waals surface area contributed by atoms with Crippen LogP contribution in [0.4, 0.5) is 0 Å². The van der Waals surface area contributed by atoms with Crippen LogP contribution in [-0.4, -0.2) is 91.8 Å². The lowest BCUT2D eigenvalue weighted by atomic mass is 10.0. The molecule has 0 aliphatic rings. The molecule has 1 aromatic carbocycles. The third-order valence-corrected chi connectivity index (χ3v) is 6.18. The second-order valence-electron chi connectivity index (χ2n) is 15.0. The molecule has 284 valence electrons. The van der Waals surface area contributed by atoms with Gasteiger partial charge in [0, 0.05) is 12.8 Å². The lowest BCUT2D eigenvalue weighted by Crippen LogP contribution is -2.58. The summed E-state index contributed by atoms with van der Waals surface area (Å²) in [4.78, 5) is 62.4. The van der Waals surface area contributed by atoms with Gasteiger partial charge in [0.05, 0.1) is 58.9 Å². The van der Waals surface area contributed by atoms with Crippen LogP contribution >= 0.6 is 0 Å². The fourth-order valence-corrected chi connectivity index (χ4v) is 4.24. The van der Waals surface area contributed by atoms with Gasteiger partial charge in [-0.3, -0.25) is 24.0 Å². The molecule has 0 saturated carbocycles. The Morgan fingerprint density at radius 1 is 0.540 bits per heavy atom. The molecule has 50 heavy (non-hydrogen) atoms. The Morgan fingerprint density at radius 3 is 1.32 bits per heavy atom. The molecule has 13 heteroatoms. The highest BCUT2D eigenvalue weighted by atomic mass is 16.6. The molecule has 1 rings (SSSR count). The molecule has 0 unspecified atom stereocenters. The Kier molecular flexibility index (Phi) is 19.2. The maximum atomic E-state index is 13.3. The molecule has 0 radical (unpaired) electrons. The van der Waals surface area contributed by atoms with Gasteiger partial charge in [-0.15, -0.1) is 0 Å². The number of hydrogen-bond donors (Lipinski definition) is 1. The van der Waals surface area contributed by atoms with Crippen molar-refractivity contribution >= 4 is 29.8 Å². The average Bonchev–Trinajstić information content (AvgIpc) is 2.96. The van der Waals surface area contributed by atoms with Gasteiger partial charge in [0.25, 0.3) is 0 Å². The van der Waals surface area contributed by atoms with Gasteiger partial charge in [-0.1, -0.05) is 30.3 Å². The molecule has 1 amide bonds. The smallest absolute Gasteiger partial charge is 0.308 e. The zero-order valence-electron chi connectivity index (χ0n) is 31.5. The summed E-state index contributed by atoms with van der Waals surface area (Å²) < 4.78 is 38.9. The number of ether oxygens (including phenoxy) is 7. The summed E-state index contributed by atoms with van der Waals surface area (Å²) in [6, 6.07) is 9.27. The zero-order chi connectivity index (χ0) is 37.8. The van der Waals surface area contributed by atoms with Crippen LogP contribution in [0.5, 0.6) is 0 Å². The summed E-state index contributed by atoms with van der Waals surface area (Å²) in [5.41, 5.74) is -2.42. The molecular weight excluding hydrogens is 650 g/mol. The summed E-state index contributed by atoms with van der Waals surface area (Å²) in [5, 5.41) is 2.93. The molecule has 13 nitrogen and oxygen atoms in total. The van der Waals surface area contributed by atoms with E-state index in [9.17, 15) is 24.0 Å². The monoisotopic (exact) mass is 709 g/mol. The van der Waals surface area contributed by atoms with E-state index in [0.29, 0.717) is 0 Å². The molecule has 1 N–H and O–H groups in total. The van der Waals surface area contributed by atoms with E-state index in [1.807, 2.05) is 30.3 Å². The Hall–Kier alpha value is -3.55. The Morgan fingerprint density at radius 2 is 0.940 bits per heavy atom. The third-order valence-electron chi connectivity index (χ3n) is 6.18. The summed E-state index contributed by atoms with van der Waals surface area (Å²) in [6.07, 6.45) is 0.116. The molecule has 0 bridgehead atoms. The van der Waals surface area contributed by atoms with Crippen LogP contribution in [0, 0.1) is 0 Å². The van der Waals surface area contributed by atoms with Crippen molar-refractivity contribution in [3.05, 3.63) is 35.9 Å². The number of carbonyl (C=O) groups excluding carboxylic acids is 5. The quantitative estimate of drug-likeness (QED) is 0.0976. The normalized spacial score (nSPS) is 12.2. The molecule has 0 heterocycles. The number of amides is 1. The Bertz CT molecular complexity index is 1110. The van der Waals surface area contributed by atoms with Crippen LogP contribution in [-0.2, 0) is 63.7 Å². The van der Waals surface area contributed by atoms with Crippen LogP contribution in [0.2, 0.25) is 0 Å². The lowest BCUT2D eigenvalue weighted by molar-refractivity contribution is -0.157. The van der Waals surface area contributed by atoms with Gasteiger partial charge in [0.1, 0.15) is 28.9 Å². The standard InChI is InChI=1S/C37H59NO12/c1-34(2,3)48-31(41)18-21-44-25-37(26-45-22-19-32(42)49-35(4,5)6,27-46-23-20-33(43)50-36(7,8)9)38-29(39)16-13-17-30(40)47-24-28-14-11-10-12-15-28/h10-12,14-15H,13,16-27H2,1-9H3,(H,38,39). The van der Waals surface area contributed by atoms with E-state index < -0.39 is 52.1 Å². The molecule has 0 saturated heterocycles. The number of nitrogens with one attached hydrogen (secondary N) is 1. The zero-order valence-corrected chi connectivity index (χ0v) is 31.5. The Balaban J connectivity index is 2.97. The van der Waals surface area contributed by atoms with E-state index in [2.05, 4.69) is 5.32 Å². The maximum Gasteiger partial charge on any atom is 0.308 e. The number of benzene rings is 1. The average molecular weight is 710 g/mol. The minimum atomic E-state index is -1.29. The first kappa shape index (κ1) is 44.5. The summed E-state index contributed by atoms with van der Waals surface area (Å²) in [6.45, 7) is 15.5. The molecule has 0 atom stereocenters. The fourth-order valence-electron chi connectivity index (χ4n) is 4.24. The number of esters is 4. The highest BCUT2D eigenvalue weighted by Crippen LogP contribution is 2.15. The van der Waals surface area contributed by atoms with Gasteiger partial charge in [0.2, 0.25) is 5.91 Å². The largest absolute Gasteiger partial charge is 0.461 e. The summed E-state index contributed by atoms with van der Waals surface area (Å²) in [7, 11) is 0. The summed E-state index contributed by atoms with van der Waals surface area (Å²) >= 11 is 0. The topological polar surface area (TPSA) is 162 Å². The Labute approximate surface area is 297 Å². The molecule has 0 aliphatic carbocycles. The predicted octanol–water partition coefficient (Wildman–Crippen LogP) is 5.00. The van der Waals surface area contributed by atoms with E-state index in [1.54, 1.807) is 62.3 Å². The number of carbonyl (C=O) groups is 5. The third kappa shape index (κ3) is 23.7. The van der Waals surface area contributed by atoms with Crippen molar-refractivity contribution in [1.29, 1.82) is 0 Å². The van der Waals surface area contributed by atoms with E-state index >= 15 is 0 Å². The van der Waals surface area contributed by atoms with Crippen molar-refractivity contribution in [3.8, 4) is 0 Å². The molecule has 0 spiro atoms. The van der Waals surface area contributed by atoms with Gasteiger partial charge in [-0.2, -0.15) is 0 Å². The van der Waals surface area contributed by atoms with Crippen LogP contribution in [0.3, 0.4) is 0 Å². The highest BCUT2D eigenvalue weighted by Gasteiger charge is 2.34. The first-order valence-corrected chi connectivity index (χ1v) is 17.1. The van der Waals surface area contributed by atoms with Crippen molar-refractivity contribution in [2.24, 2.45) is 0 Å². The fraction of sp³-hybridized carbons (Fsp3) is 0.703. The van der Waals surface area contributed by atoms with Crippen LogP contribution in [0.15, 0.2) is 30.3 Å². The van der Waals surface area contributed by atoms with Gasteiger partial charge in [0.15, 0.2) is 0 Å². The van der Waals surface area contributed by atoms with E-state index in [1.165, 1.54) is 0 Å². The minimum absolute atomic E-state index is 0.0179. The highest BCUT2D eigenvalue weighted by molar-refractivity contribution is 5.78. The predicted molar refractivity (Wildman–Crippen MR) is 185 cm³/mol. The van der Waals surface area contributed by atoms with Crippen molar-refractivity contribution in [1.82, 2.24) is 5.32 Å². The lowest BCUT2D eigenvalue weighted by Gasteiger charge is -2.34. The van der Waals surface area contributed by atoms with Crippen molar-refractivity contribution in [3.63, 3.8) is 0 Å². The van der Waals surface area contributed by atoms with Gasteiger partial charge >= 0.3 is 23.9 Å². The number of hydrogen-bond acceptors (Lipinski definition) is 12. The molecule has 0 aromatic heterocycles. The first-order valence-electron chi connectivity index (χ1n) is 17.1. The van der Waals surface area contributed by atoms with Crippen molar-refractivity contribution in [2.45, 2.75) is 130 Å². The SMILES string of the molecule is CC(C)(C)OC(=O)CCOCC(COCCC(=O)OC(C)(C)C)(COCCC(=O)OC(C)(C)C)NC(=O)CCCC(=O)OCc1ccccc1.